The van der Waals surface area contributed by atoms with Gasteiger partial charge in [-0.15, -0.1) is 11.6 Å². The van der Waals surface area contributed by atoms with Crippen LogP contribution in [0, 0.1) is 16.3 Å². The second-order valence-electron chi connectivity index (χ2n) is 4.39. The number of imidazole rings is 1. The molecule has 0 saturated heterocycles. The molecule has 0 amide bonds. The maximum atomic E-state index is 13.3. The molecular weight excluding hydrogens is 392 g/mol. The zero-order valence-electron chi connectivity index (χ0n) is 10.6. The van der Waals surface area contributed by atoms with Gasteiger partial charge in [0.05, 0.1) is 11.6 Å². The summed E-state index contributed by atoms with van der Waals surface area (Å²) in [5.41, 5.74) is 3.44. The van der Waals surface area contributed by atoms with Crippen molar-refractivity contribution in [3.63, 3.8) is 0 Å². The van der Waals surface area contributed by atoms with Crippen molar-refractivity contribution < 1.29 is 4.39 Å². The van der Waals surface area contributed by atoms with Crippen molar-refractivity contribution in [1.82, 2.24) is 14.5 Å². The molecule has 0 radical (unpaired) electrons. The highest BCUT2D eigenvalue weighted by Crippen LogP contribution is 2.26. The molecule has 0 bridgehead atoms. The largest absolute Gasteiger partial charge is 0.279 e. The van der Waals surface area contributed by atoms with Gasteiger partial charge in [0.2, 0.25) is 0 Å². The Hall–Kier alpha value is -1.21. The first-order valence-corrected chi connectivity index (χ1v) is 7.57. The van der Waals surface area contributed by atoms with Gasteiger partial charge < -0.3 is 0 Å². The lowest BCUT2D eigenvalue weighted by Crippen LogP contribution is -2.02. The molecule has 0 atom stereocenters. The van der Waals surface area contributed by atoms with Gasteiger partial charge in [0, 0.05) is 9.77 Å². The number of pyridine rings is 1. The highest BCUT2D eigenvalue weighted by atomic mass is 127. The summed E-state index contributed by atoms with van der Waals surface area (Å²) in [4.78, 5) is 8.94. The standard InChI is InChI=1S/C14H10ClFIN3/c1-8-4-5-18-14-13(8)19-12(7-15)20(14)11-3-2-9(16)6-10(11)17/h2-6H,7H2,1H3. The number of benzene rings is 1. The lowest BCUT2D eigenvalue weighted by Gasteiger charge is -2.09. The van der Waals surface area contributed by atoms with Crippen LogP contribution in [-0.2, 0) is 5.88 Å². The van der Waals surface area contributed by atoms with E-state index in [2.05, 4.69) is 32.6 Å². The molecule has 0 aliphatic carbocycles. The van der Waals surface area contributed by atoms with E-state index in [1.807, 2.05) is 17.6 Å². The van der Waals surface area contributed by atoms with Crippen LogP contribution in [0.4, 0.5) is 4.39 Å². The van der Waals surface area contributed by atoms with Crippen LogP contribution in [0.25, 0.3) is 16.9 Å². The number of nitrogens with zero attached hydrogens (tertiary/aromatic N) is 3. The summed E-state index contributed by atoms with van der Waals surface area (Å²) >= 11 is 8.10. The summed E-state index contributed by atoms with van der Waals surface area (Å²) < 4.78 is 16.0. The van der Waals surface area contributed by atoms with Gasteiger partial charge in [-0.05, 0) is 59.3 Å². The van der Waals surface area contributed by atoms with Gasteiger partial charge in [0.1, 0.15) is 17.2 Å². The van der Waals surface area contributed by atoms with Crippen LogP contribution in [0.5, 0.6) is 0 Å². The number of aromatic nitrogens is 3. The number of alkyl halides is 1. The number of rotatable bonds is 2. The minimum Gasteiger partial charge on any atom is -0.279 e. The van der Waals surface area contributed by atoms with Crippen molar-refractivity contribution in [3.05, 3.63) is 51.2 Å². The smallest absolute Gasteiger partial charge is 0.165 e. The fourth-order valence-corrected chi connectivity index (χ4v) is 3.04. The molecule has 3 nitrogen and oxygen atoms in total. The van der Waals surface area contributed by atoms with Crippen molar-refractivity contribution in [2.24, 2.45) is 0 Å². The number of halogens is 3. The predicted octanol–water partition coefficient (Wildman–Crippen LogP) is 4.21. The van der Waals surface area contributed by atoms with Crippen LogP contribution in [0.15, 0.2) is 30.5 Å². The Morgan fingerprint density at radius 2 is 2.15 bits per heavy atom. The molecule has 0 N–H and O–H groups in total. The quantitative estimate of drug-likeness (QED) is 0.476. The molecule has 0 saturated carbocycles. The topological polar surface area (TPSA) is 30.7 Å². The fraction of sp³-hybridized carbons (Fsp3) is 0.143. The molecule has 0 fully saturated rings. The van der Waals surface area contributed by atoms with E-state index in [1.165, 1.54) is 12.1 Å². The minimum absolute atomic E-state index is 0.265. The summed E-state index contributed by atoms with van der Waals surface area (Å²) in [5.74, 6) is 0.704. The molecule has 1 aromatic carbocycles. The van der Waals surface area contributed by atoms with Crippen molar-refractivity contribution in [1.29, 1.82) is 0 Å². The van der Waals surface area contributed by atoms with Crippen LogP contribution >= 0.6 is 34.2 Å². The summed E-state index contributed by atoms with van der Waals surface area (Å²) in [6, 6.07) is 6.54. The number of aryl methyl sites for hydroxylation is 1. The Balaban J connectivity index is 2.37. The van der Waals surface area contributed by atoms with Crippen molar-refractivity contribution in [2.45, 2.75) is 12.8 Å². The van der Waals surface area contributed by atoms with E-state index in [-0.39, 0.29) is 11.7 Å². The normalized spacial score (nSPS) is 11.2. The number of hydrogen-bond acceptors (Lipinski definition) is 2. The third-order valence-corrected chi connectivity index (χ3v) is 4.19. The van der Waals surface area contributed by atoms with Crippen molar-refractivity contribution >= 4 is 45.4 Å². The van der Waals surface area contributed by atoms with Crippen LogP contribution < -0.4 is 0 Å². The van der Waals surface area contributed by atoms with E-state index in [0.29, 0.717) is 5.82 Å². The molecule has 3 rings (SSSR count). The van der Waals surface area contributed by atoms with E-state index >= 15 is 0 Å². The van der Waals surface area contributed by atoms with E-state index in [9.17, 15) is 4.39 Å². The first-order chi connectivity index (χ1) is 9.61. The Morgan fingerprint density at radius 3 is 2.85 bits per heavy atom. The van der Waals surface area contributed by atoms with Gasteiger partial charge >= 0.3 is 0 Å². The molecule has 20 heavy (non-hydrogen) atoms. The second kappa shape index (κ2) is 5.29. The summed E-state index contributed by atoms with van der Waals surface area (Å²) in [5, 5.41) is 0. The van der Waals surface area contributed by atoms with Gasteiger partial charge in [-0.1, -0.05) is 0 Å². The molecule has 2 aromatic heterocycles. The minimum atomic E-state index is -0.265. The van der Waals surface area contributed by atoms with Crippen molar-refractivity contribution in [2.75, 3.05) is 0 Å². The first kappa shape index (κ1) is 13.8. The SMILES string of the molecule is Cc1ccnc2c1nc(CCl)n2-c1ccc(F)cc1I. The third kappa shape index (κ3) is 2.18. The van der Waals surface area contributed by atoms with Crippen molar-refractivity contribution in [3.8, 4) is 5.69 Å². The monoisotopic (exact) mass is 401 g/mol. The molecule has 3 aromatic rings. The Kier molecular flexibility index (Phi) is 3.64. The van der Waals surface area contributed by atoms with Gasteiger partial charge in [-0.25, -0.2) is 14.4 Å². The molecule has 6 heteroatoms. The highest BCUT2D eigenvalue weighted by molar-refractivity contribution is 14.1. The molecule has 0 unspecified atom stereocenters. The van der Waals surface area contributed by atoms with Gasteiger partial charge in [-0.3, -0.25) is 4.57 Å². The maximum absolute atomic E-state index is 13.3. The number of hydrogen-bond donors (Lipinski definition) is 0. The maximum Gasteiger partial charge on any atom is 0.165 e. The van der Waals surface area contributed by atoms with Gasteiger partial charge in [0.25, 0.3) is 0 Å². The molecule has 0 aliphatic heterocycles. The first-order valence-electron chi connectivity index (χ1n) is 5.96. The predicted molar refractivity (Wildman–Crippen MR) is 85.8 cm³/mol. The van der Waals surface area contributed by atoms with Crippen LogP contribution in [0.2, 0.25) is 0 Å². The van der Waals surface area contributed by atoms with Crippen LogP contribution in [-0.4, -0.2) is 14.5 Å². The summed E-state index contributed by atoms with van der Waals surface area (Å²) in [6.45, 7) is 1.98. The average Bonchev–Trinajstić information content (AvgIpc) is 2.79. The Labute approximate surface area is 133 Å². The van der Waals surface area contributed by atoms with Gasteiger partial charge in [-0.2, -0.15) is 0 Å². The average molecular weight is 402 g/mol. The number of fused-ring (bicyclic) bond motifs is 1. The lowest BCUT2D eigenvalue weighted by molar-refractivity contribution is 0.626. The summed E-state index contributed by atoms with van der Waals surface area (Å²) in [6.07, 6.45) is 1.74. The van der Waals surface area contributed by atoms with Crippen LogP contribution in [0.3, 0.4) is 0 Å². The zero-order valence-corrected chi connectivity index (χ0v) is 13.5. The van der Waals surface area contributed by atoms with Gasteiger partial charge in [0.15, 0.2) is 5.65 Å². The molecule has 102 valence electrons. The highest BCUT2D eigenvalue weighted by Gasteiger charge is 2.16. The summed E-state index contributed by atoms with van der Waals surface area (Å²) in [7, 11) is 0. The van der Waals surface area contributed by atoms with E-state index < -0.39 is 0 Å². The Morgan fingerprint density at radius 1 is 1.35 bits per heavy atom. The molecular formula is C14H10ClFIN3. The molecule has 0 aliphatic rings. The van der Waals surface area contributed by atoms with E-state index in [0.717, 1.165) is 26.0 Å². The van der Waals surface area contributed by atoms with E-state index in [4.69, 9.17) is 11.6 Å². The second-order valence-corrected chi connectivity index (χ2v) is 5.82. The fourth-order valence-electron chi connectivity index (χ4n) is 2.14. The molecule has 2 heterocycles. The lowest BCUT2D eigenvalue weighted by atomic mass is 10.2. The third-order valence-electron chi connectivity index (χ3n) is 3.09. The Bertz CT molecular complexity index is 800. The van der Waals surface area contributed by atoms with Crippen LogP contribution in [0.1, 0.15) is 11.4 Å². The molecule has 0 spiro atoms. The van der Waals surface area contributed by atoms with E-state index in [1.54, 1.807) is 12.3 Å². The zero-order chi connectivity index (χ0) is 14.3.